The van der Waals surface area contributed by atoms with Gasteiger partial charge in [0.2, 0.25) is 0 Å². The van der Waals surface area contributed by atoms with Crippen molar-refractivity contribution in [2.45, 2.75) is 44.8 Å². The largest absolute Gasteiger partial charge is 0.488 e. The van der Waals surface area contributed by atoms with Crippen LogP contribution in [0.4, 0.5) is 0 Å². The first-order valence-electron chi connectivity index (χ1n) is 9.01. The van der Waals surface area contributed by atoms with Crippen LogP contribution in [-0.2, 0) is 11.4 Å². The molecule has 1 N–H and O–H groups in total. The first kappa shape index (κ1) is 17.1. The zero-order chi connectivity index (χ0) is 18.1. The highest BCUT2D eigenvalue weighted by Crippen LogP contribution is 2.42. The Labute approximate surface area is 156 Å². The number of fused-ring (bicyclic) bond motifs is 3. The highest BCUT2D eigenvalue weighted by atomic mass is 32.1. The van der Waals surface area contributed by atoms with Crippen molar-refractivity contribution < 1.29 is 19.4 Å². The van der Waals surface area contributed by atoms with E-state index in [1.165, 1.54) is 11.3 Å². The number of carboxylic acids is 1. The fraction of sp³-hybridized carbons (Fsp3) is 0.400. The smallest absolute Gasteiger partial charge is 0.303 e. The summed E-state index contributed by atoms with van der Waals surface area (Å²) >= 11 is 1.52. The van der Waals surface area contributed by atoms with Crippen LogP contribution in [0.1, 0.15) is 47.3 Å². The molecule has 2 aromatic rings. The number of nitrogens with zero attached hydrogens (tertiary/aromatic N) is 1. The summed E-state index contributed by atoms with van der Waals surface area (Å²) in [6.45, 7) is 1.19. The topological polar surface area (TPSA) is 66.8 Å². The maximum absolute atomic E-state index is 13.1. The van der Waals surface area contributed by atoms with Gasteiger partial charge in [0.1, 0.15) is 12.4 Å². The molecule has 2 aliphatic rings. The molecule has 1 aromatic carbocycles. The molecule has 136 valence electrons. The summed E-state index contributed by atoms with van der Waals surface area (Å²) in [6, 6.07) is 9.87. The number of carbonyl (C=O) groups is 2. The first-order valence-corrected chi connectivity index (χ1v) is 9.83. The third-order valence-corrected chi connectivity index (χ3v) is 6.31. The van der Waals surface area contributed by atoms with Gasteiger partial charge in [-0.05, 0) is 43.9 Å². The summed E-state index contributed by atoms with van der Waals surface area (Å²) in [4.78, 5) is 27.8. The molecule has 26 heavy (non-hydrogen) atoms. The Bertz CT molecular complexity index is 844. The summed E-state index contributed by atoms with van der Waals surface area (Å²) < 4.78 is 5.79. The lowest BCUT2D eigenvalue weighted by Crippen LogP contribution is -2.43. The third kappa shape index (κ3) is 3.21. The van der Waals surface area contributed by atoms with Gasteiger partial charge in [-0.25, -0.2) is 0 Å². The van der Waals surface area contributed by atoms with Gasteiger partial charge in [0.25, 0.3) is 5.91 Å². The molecular formula is C20H21NO4S. The fourth-order valence-corrected chi connectivity index (χ4v) is 4.96. The minimum Gasteiger partial charge on any atom is -0.488 e. The van der Waals surface area contributed by atoms with Crippen molar-refractivity contribution in [1.82, 2.24) is 4.90 Å². The van der Waals surface area contributed by atoms with Gasteiger partial charge in [-0.2, -0.15) is 0 Å². The molecule has 4 rings (SSSR count). The van der Waals surface area contributed by atoms with Crippen molar-refractivity contribution in [3.05, 3.63) is 40.8 Å². The molecule has 1 unspecified atom stereocenters. The number of rotatable bonds is 4. The Balaban J connectivity index is 1.59. The van der Waals surface area contributed by atoms with Gasteiger partial charge < -0.3 is 14.7 Å². The van der Waals surface area contributed by atoms with E-state index in [4.69, 9.17) is 9.84 Å². The Kier molecular flexibility index (Phi) is 4.68. The van der Waals surface area contributed by atoms with Crippen LogP contribution >= 0.6 is 11.3 Å². The average molecular weight is 371 g/mol. The molecule has 0 spiro atoms. The molecule has 1 aromatic heterocycles. The van der Waals surface area contributed by atoms with E-state index in [2.05, 4.69) is 0 Å². The third-order valence-electron chi connectivity index (χ3n) is 5.11. The van der Waals surface area contributed by atoms with E-state index in [1.54, 1.807) is 0 Å². The van der Waals surface area contributed by atoms with Gasteiger partial charge in [-0.1, -0.05) is 12.1 Å². The van der Waals surface area contributed by atoms with Crippen LogP contribution in [0.25, 0.3) is 10.4 Å². The normalized spacial score (nSPS) is 18.6. The minimum absolute atomic E-state index is 0.0232. The second-order valence-corrected chi connectivity index (χ2v) is 7.88. The van der Waals surface area contributed by atoms with Gasteiger partial charge in [0.05, 0.1) is 4.88 Å². The molecule has 1 amide bonds. The number of carboxylic acid groups (broad SMARTS) is 1. The van der Waals surface area contributed by atoms with Crippen LogP contribution in [0, 0.1) is 0 Å². The Morgan fingerprint density at radius 1 is 1.27 bits per heavy atom. The van der Waals surface area contributed by atoms with E-state index in [-0.39, 0.29) is 18.4 Å². The summed E-state index contributed by atoms with van der Waals surface area (Å²) in [6.07, 6.45) is 3.55. The Hall–Kier alpha value is -2.34. The Morgan fingerprint density at radius 2 is 2.12 bits per heavy atom. The molecule has 0 aliphatic carbocycles. The summed E-state index contributed by atoms with van der Waals surface area (Å²) in [5.74, 6) is 0.0819. The number of likely N-dealkylation sites (tertiary alicyclic amines) is 1. The summed E-state index contributed by atoms with van der Waals surface area (Å²) in [7, 11) is 0. The highest BCUT2D eigenvalue weighted by molar-refractivity contribution is 7.17. The Morgan fingerprint density at radius 3 is 2.96 bits per heavy atom. The van der Waals surface area contributed by atoms with Crippen molar-refractivity contribution in [3.8, 4) is 16.2 Å². The maximum Gasteiger partial charge on any atom is 0.303 e. The predicted octanol–water partition coefficient (Wildman–Crippen LogP) is 4.17. The van der Waals surface area contributed by atoms with Crippen molar-refractivity contribution in [2.24, 2.45) is 0 Å². The molecule has 0 saturated carbocycles. The average Bonchev–Trinajstić information content (AvgIpc) is 3.11. The van der Waals surface area contributed by atoms with Crippen LogP contribution in [0.15, 0.2) is 30.3 Å². The van der Waals surface area contributed by atoms with Gasteiger partial charge >= 0.3 is 5.97 Å². The number of thiophene rings is 1. The van der Waals surface area contributed by atoms with E-state index in [9.17, 15) is 9.59 Å². The van der Waals surface area contributed by atoms with E-state index in [0.29, 0.717) is 19.6 Å². The van der Waals surface area contributed by atoms with E-state index < -0.39 is 5.97 Å². The highest BCUT2D eigenvalue weighted by Gasteiger charge is 2.30. The van der Waals surface area contributed by atoms with Crippen molar-refractivity contribution >= 4 is 23.2 Å². The number of piperidine rings is 1. The molecule has 3 heterocycles. The quantitative estimate of drug-likeness (QED) is 0.876. The van der Waals surface area contributed by atoms with Crippen LogP contribution in [0.3, 0.4) is 0 Å². The van der Waals surface area contributed by atoms with E-state index >= 15 is 0 Å². The van der Waals surface area contributed by atoms with Crippen LogP contribution < -0.4 is 4.74 Å². The lowest BCUT2D eigenvalue weighted by atomic mass is 9.97. The van der Waals surface area contributed by atoms with Crippen molar-refractivity contribution in [3.63, 3.8) is 0 Å². The number of ether oxygens (including phenoxy) is 1. The lowest BCUT2D eigenvalue weighted by molar-refractivity contribution is -0.137. The molecule has 1 saturated heterocycles. The predicted molar refractivity (Wildman–Crippen MR) is 99.6 cm³/mol. The molecule has 6 heteroatoms. The van der Waals surface area contributed by atoms with Gasteiger partial charge in [-0.15, -0.1) is 11.3 Å². The zero-order valence-corrected chi connectivity index (χ0v) is 15.3. The number of benzene rings is 1. The maximum atomic E-state index is 13.1. The molecular weight excluding hydrogens is 350 g/mol. The standard InChI is InChI=1S/C20H21NO4S/c22-18(23)9-8-14-5-3-4-10-21(14)20(24)17-11-13-12-25-16-7-2-1-6-15(16)19(13)26-17/h1-2,6-7,11,14H,3-5,8-10,12H2,(H,22,23). The van der Waals surface area contributed by atoms with E-state index in [0.717, 1.165) is 45.9 Å². The summed E-state index contributed by atoms with van der Waals surface area (Å²) in [5.41, 5.74) is 2.09. The molecule has 0 radical (unpaired) electrons. The second-order valence-electron chi connectivity index (χ2n) is 6.83. The van der Waals surface area contributed by atoms with Crippen molar-refractivity contribution in [1.29, 1.82) is 0 Å². The molecule has 1 fully saturated rings. The molecule has 1 atom stereocenters. The van der Waals surface area contributed by atoms with Gasteiger partial charge in [0, 0.05) is 35.0 Å². The van der Waals surface area contributed by atoms with Crippen molar-refractivity contribution in [2.75, 3.05) is 6.54 Å². The number of carbonyl (C=O) groups excluding carboxylic acids is 1. The van der Waals surface area contributed by atoms with Gasteiger partial charge in [0.15, 0.2) is 0 Å². The van der Waals surface area contributed by atoms with Crippen LogP contribution in [0.5, 0.6) is 5.75 Å². The summed E-state index contributed by atoms with van der Waals surface area (Å²) in [5, 5.41) is 8.97. The molecule has 5 nitrogen and oxygen atoms in total. The van der Waals surface area contributed by atoms with Crippen LogP contribution in [-0.4, -0.2) is 34.5 Å². The van der Waals surface area contributed by atoms with E-state index in [1.807, 2.05) is 35.2 Å². The molecule has 2 aliphatic heterocycles. The fourth-order valence-electron chi connectivity index (χ4n) is 3.80. The zero-order valence-electron chi connectivity index (χ0n) is 14.4. The number of hydrogen-bond acceptors (Lipinski definition) is 4. The SMILES string of the molecule is O=C(O)CCC1CCCCN1C(=O)c1cc2c(s1)-c1ccccc1OC2. The van der Waals surface area contributed by atoms with Crippen LogP contribution in [0.2, 0.25) is 0 Å². The number of aliphatic carboxylic acids is 1. The number of para-hydroxylation sites is 1. The minimum atomic E-state index is -0.802. The molecule has 0 bridgehead atoms. The number of amides is 1. The lowest BCUT2D eigenvalue weighted by Gasteiger charge is -2.35. The number of hydrogen-bond donors (Lipinski definition) is 1. The monoisotopic (exact) mass is 371 g/mol. The van der Waals surface area contributed by atoms with Gasteiger partial charge in [-0.3, -0.25) is 9.59 Å². The second kappa shape index (κ2) is 7.11. The first-order chi connectivity index (χ1) is 12.6.